The molecule has 2 aromatic rings. The third-order valence-electron chi connectivity index (χ3n) is 4.58. The van der Waals surface area contributed by atoms with Crippen LogP contribution in [0.4, 0.5) is 5.69 Å². The van der Waals surface area contributed by atoms with Crippen molar-refractivity contribution in [3.63, 3.8) is 0 Å². The maximum absolute atomic E-state index is 12.8. The summed E-state index contributed by atoms with van der Waals surface area (Å²) in [6.07, 6.45) is 5.74. The number of carbonyl (C=O) groups is 1. The second kappa shape index (κ2) is 4.75. The summed E-state index contributed by atoms with van der Waals surface area (Å²) in [6, 6.07) is 5.41. The average molecular weight is 341 g/mol. The third kappa shape index (κ3) is 1.76. The minimum absolute atomic E-state index is 0.155. The van der Waals surface area contributed by atoms with Gasteiger partial charge in [-0.2, -0.15) is 9.67 Å². The number of carbonyl (C=O) groups excluding carboxylic acids is 1. The zero-order valence-corrected chi connectivity index (χ0v) is 13.6. The molecule has 1 aromatic heterocycles. The number of benzene rings is 1. The van der Waals surface area contributed by atoms with Crippen molar-refractivity contribution in [3.8, 4) is 0 Å². The van der Waals surface area contributed by atoms with E-state index in [1.54, 1.807) is 35.2 Å². The Morgan fingerprint density at radius 2 is 2.17 bits per heavy atom. The van der Waals surface area contributed by atoms with E-state index in [0.717, 1.165) is 24.2 Å². The number of anilines is 1. The minimum atomic E-state index is -0.155. The lowest BCUT2D eigenvalue weighted by Crippen LogP contribution is -2.42. The first-order chi connectivity index (χ1) is 11.7. The second-order valence-electron chi connectivity index (χ2n) is 6.10. The van der Waals surface area contributed by atoms with E-state index in [4.69, 9.17) is 11.6 Å². The molecule has 0 bridgehead atoms. The molecule has 0 saturated heterocycles. The molecule has 0 spiro atoms. The number of aromatic nitrogens is 3. The number of hydrogen-bond acceptors (Lipinski definition) is 5. The van der Waals surface area contributed by atoms with E-state index in [1.165, 1.54) is 0 Å². The molecule has 3 aliphatic rings. The number of hydrogen-bond donors (Lipinski definition) is 0. The molecule has 24 heavy (non-hydrogen) atoms. The van der Waals surface area contributed by atoms with Crippen LogP contribution >= 0.6 is 11.6 Å². The summed E-state index contributed by atoms with van der Waals surface area (Å²) < 4.78 is 1.74. The van der Waals surface area contributed by atoms with E-state index >= 15 is 0 Å². The summed E-state index contributed by atoms with van der Waals surface area (Å²) in [5.41, 5.74) is 2.25. The first-order valence-corrected chi connectivity index (χ1v) is 8.10. The average Bonchev–Trinajstić information content (AvgIpc) is 3.14. The topological polar surface area (TPSA) is 69.3 Å². The maximum Gasteiger partial charge on any atom is 0.318 e. The largest absolute Gasteiger partial charge is 0.318 e. The van der Waals surface area contributed by atoms with Gasteiger partial charge in [0, 0.05) is 19.0 Å². The zero-order valence-electron chi connectivity index (χ0n) is 12.8. The molecule has 3 heterocycles. The normalized spacial score (nSPS) is 19.9. The van der Waals surface area contributed by atoms with Gasteiger partial charge in [-0.15, -0.1) is 5.10 Å². The van der Waals surface area contributed by atoms with E-state index in [-0.39, 0.29) is 5.91 Å². The summed E-state index contributed by atoms with van der Waals surface area (Å²) >= 11 is 6.24. The Bertz CT molecular complexity index is 942. The summed E-state index contributed by atoms with van der Waals surface area (Å²) in [7, 11) is 1.72. The first kappa shape index (κ1) is 13.9. The molecule has 7 nitrogen and oxygen atoms in total. The van der Waals surface area contributed by atoms with Gasteiger partial charge in [0.05, 0.1) is 16.9 Å². The molecule has 1 amide bonds. The Balaban J connectivity index is 1.72. The number of amides is 1. The number of aliphatic imine (C=N–C) groups is 1. The Kier molecular flexibility index (Phi) is 2.75. The molecule has 8 heteroatoms. The molecule has 1 aliphatic carbocycles. The molecular formula is C16H13ClN6O+. The van der Waals surface area contributed by atoms with Gasteiger partial charge >= 0.3 is 5.82 Å². The van der Waals surface area contributed by atoms with Crippen LogP contribution in [0.2, 0.25) is 5.02 Å². The van der Waals surface area contributed by atoms with E-state index in [0.29, 0.717) is 28.1 Å². The third-order valence-corrected chi connectivity index (χ3v) is 4.90. The maximum atomic E-state index is 12.8. The van der Waals surface area contributed by atoms with Crippen LogP contribution in [0.25, 0.3) is 5.82 Å². The highest BCUT2D eigenvalue weighted by Gasteiger charge is 2.48. The Labute approximate surface area is 142 Å². The summed E-state index contributed by atoms with van der Waals surface area (Å²) in [5, 5.41) is 8.65. The summed E-state index contributed by atoms with van der Waals surface area (Å²) in [6.45, 7) is 0. The monoisotopic (exact) mass is 340 g/mol. The van der Waals surface area contributed by atoms with E-state index in [9.17, 15) is 4.79 Å². The van der Waals surface area contributed by atoms with Crippen LogP contribution in [0, 0.1) is 0 Å². The van der Waals surface area contributed by atoms with Gasteiger partial charge in [-0.05, 0) is 23.8 Å². The second-order valence-corrected chi connectivity index (χ2v) is 6.51. The minimum Gasteiger partial charge on any atom is -0.268 e. The smallest absolute Gasteiger partial charge is 0.268 e. The van der Waals surface area contributed by atoms with Gasteiger partial charge in [0.25, 0.3) is 12.2 Å². The molecule has 0 N–H and O–H groups in total. The van der Waals surface area contributed by atoms with Crippen LogP contribution in [-0.4, -0.2) is 39.2 Å². The highest BCUT2D eigenvalue weighted by Crippen LogP contribution is 2.43. The quantitative estimate of drug-likeness (QED) is 0.789. The van der Waals surface area contributed by atoms with Gasteiger partial charge in [0.15, 0.2) is 0 Å². The number of rotatable bonds is 2. The van der Waals surface area contributed by atoms with Crippen molar-refractivity contribution in [2.45, 2.75) is 18.8 Å². The molecule has 0 atom stereocenters. The highest BCUT2D eigenvalue weighted by atomic mass is 35.5. The molecule has 119 valence electrons. The lowest BCUT2D eigenvalue weighted by atomic mass is 10.1. The van der Waals surface area contributed by atoms with E-state index in [1.807, 2.05) is 17.0 Å². The fourth-order valence-electron chi connectivity index (χ4n) is 3.22. The molecular weight excluding hydrogens is 328 g/mol. The van der Waals surface area contributed by atoms with Crippen LogP contribution < -0.4 is 4.90 Å². The van der Waals surface area contributed by atoms with Crippen LogP contribution in [0.3, 0.4) is 0 Å². The number of halogens is 1. The van der Waals surface area contributed by atoms with Gasteiger partial charge in [-0.3, -0.25) is 9.69 Å². The molecule has 1 radical (unpaired) electrons. The van der Waals surface area contributed by atoms with E-state index in [2.05, 4.69) is 15.3 Å². The van der Waals surface area contributed by atoms with Gasteiger partial charge in [-0.1, -0.05) is 22.9 Å². The number of nitrogens with zero attached hydrogens (tertiary/aromatic N) is 6. The van der Waals surface area contributed by atoms with Crippen LogP contribution in [0.1, 0.15) is 34.8 Å². The SMILES string of the molecule is CN1C(=O)c2c(Cl)cccc2[N+]2C=NC(n3nncc3C3CC3)=C12. The molecule has 5 rings (SSSR count). The Morgan fingerprint density at radius 3 is 2.96 bits per heavy atom. The summed E-state index contributed by atoms with van der Waals surface area (Å²) in [5.74, 6) is 1.60. The highest BCUT2D eigenvalue weighted by molar-refractivity contribution is 6.35. The van der Waals surface area contributed by atoms with Gasteiger partial charge in [0.2, 0.25) is 11.5 Å². The standard InChI is InChI=1S/C16H13ClN6O/c1-21-15-14(23-12(7-19-20-23)9-5-6-9)18-8-22(15)11-4-2-3-10(17)13(11)16(21)24/h2-4,7-9H,5-6H2,1H3/q+1. The van der Waals surface area contributed by atoms with Crippen molar-refractivity contribution in [1.82, 2.24) is 24.8 Å². The van der Waals surface area contributed by atoms with Crippen molar-refractivity contribution in [3.05, 3.63) is 46.5 Å². The Morgan fingerprint density at radius 1 is 1.33 bits per heavy atom. The van der Waals surface area contributed by atoms with Gasteiger partial charge in [0.1, 0.15) is 5.56 Å². The predicted molar refractivity (Wildman–Crippen MR) is 89.0 cm³/mol. The summed E-state index contributed by atoms with van der Waals surface area (Å²) in [4.78, 5) is 20.8. The van der Waals surface area contributed by atoms with Crippen molar-refractivity contribution in [2.24, 2.45) is 4.99 Å². The van der Waals surface area contributed by atoms with Crippen LogP contribution in [-0.2, 0) is 0 Å². The van der Waals surface area contributed by atoms with E-state index < -0.39 is 0 Å². The van der Waals surface area contributed by atoms with Crippen LogP contribution in [0.15, 0.2) is 35.2 Å². The van der Waals surface area contributed by atoms with Crippen LogP contribution in [0.5, 0.6) is 0 Å². The lowest BCUT2D eigenvalue weighted by Gasteiger charge is -2.24. The predicted octanol–water partition coefficient (Wildman–Crippen LogP) is 2.49. The molecule has 1 aromatic carbocycles. The van der Waals surface area contributed by atoms with Gasteiger partial charge < -0.3 is 0 Å². The molecule has 1 fully saturated rings. The van der Waals surface area contributed by atoms with Gasteiger partial charge in [-0.25, -0.2) is 0 Å². The molecule has 2 aliphatic heterocycles. The fraction of sp³-hybridized carbons (Fsp3) is 0.250. The molecule has 1 saturated carbocycles. The number of fused-ring (bicyclic) bond motifs is 3. The zero-order chi connectivity index (χ0) is 16.4. The molecule has 0 unspecified atom stereocenters. The lowest BCUT2D eigenvalue weighted by molar-refractivity contribution is 0.0815. The van der Waals surface area contributed by atoms with Crippen molar-refractivity contribution in [2.75, 3.05) is 7.05 Å². The Hall–Kier alpha value is -2.51. The van der Waals surface area contributed by atoms with Crippen molar-refractivity contribution in [1.29, 1.82) is 0 Å². The van der Waals surface area contributed by atoms with Crippen molar-refractivity contribution >= 4 is 35.4 Å². The first-order valence-electron chi connectivity index (χ1n) is 7.72. The van der Waals surface area contributed by atoms with Crippen molar-refractivity contribution < 1.29 is 4.79 Å². The fourth-order valence-corrected chi connectivity index (χ4v) is 3.47.